The third-order valence-corrected chi connectivity index (χ3v) is 14.6. The highest BCUT2D eigenvalue weighted by Gasteiger charge is 2.16. The first-order valence-corrected chi connectivity index (χ1v) is 31.0. The van der Waals surface area contributed by atoms with Crippen LogP contribution in [0.15, 0.2) is 18.2 Å². The summed E-state index contributed by atoms with van der Waals surface area (Å²) >= 11 is 0. The highest BCUT2D eigenvalue weighted by molar-refractivity contribution is 6.00. The lowest BCUT2D eigenvalue weighted by Gasteiger charge is -2.14. The zero-order chi connectivity index (χ0) is 48.9. The summed E-state index contributed by atoms with van der Waals surface area (Å²) in [7, 11) is 0. The Labute approximate surface area is 425 Å². The van der Waals surface area contributed by atoms with Gasteiger partial charge in [0.2, 0.25) is 0 Å². The summed E-state index contributed by atoms with van der Waals surface area (Å²) in [6.45, 7) is 8.80. The molecule has 0 fully saturated rings. The van der Waals surface area contributed by atoms with Gasteiger partial charge in [-0.1, -0.05) is 316 Å². The molecule has 0 aliphatic rings. The van der Waals surface area contributed by atoms with E-state index in [2.05, 4.69) is 31.4 Å². The monoisotopic (exact) mass is 951 g/mol. The molecule has 2 amide bonds. The third kappa shape index (κ3) is 42.8. The van der Waals surface area contributed by atoms with Gasteiger partial charge in [0.05, 0.1) is 12.2 Å². The van der Waals surface area contributed by atoms with Gasteiger partial charge in [-0.3, -0.25) is 9.59 Å². The molecule has 0 saturated heterocycles. The standard InChI is InChI=1S/C63H118N2O3/c1-4-7-10-13-16-19-21-23-25-27-29-31-33-35-37-39-41-44-47-50-55-64-62(66)59-53-54-60(61(58-59)68-57-52-49-46-43-18-15-12-9-6-3)63(67)65-56-51-48-45-42-40-38-36-34-32-30-28-26-24-22-20-17-14-11-8-5-2/h53-54,58H,4-52,55-57H2,1-3H3,(H,64,66)(H,65,67). The third-order valence-electron chi connectivity index (χ3n) is 14.6. The van der Waals surface area contributed by atoms with Gasteiger partial charge in [-0.25, -0.2) is 0 Å². The molecule has 398 valence electrons. The molecule has 0 aliphatic heterocycles. The van der Waals surface area contributed by atoms with Crippen molar-refractivity contribution in [3.8, 4) is 5.75 Å². The minimum atomic E-state index is -0.0961. The number of benzene rings is 1. The van der Waals surface area contributed by atoms with Crippen molar-refractivity contribution in [2.45, 2.75) is 335 Å². The molecular formula is C63H118N2O3. The molecule has 0 heterocycles. The van der Waals surface area contributed by atoms with E-state index in [9.17, 15) is 9.59 Å². The summed E-state index contributed by atoms with van der Waals surface area (Å²) in [6, 6.07) is 5.39. The minimum absolute atomic E-state index is 0.0768. The van der Waals surface area contributed by atoms with Crippen LogP contribution in [0, 0.1) is 0 Å². The lowest BCUT2D eigenvalue weighted by atomic mass is 10.0. The number of nitrogens with one attached hydrogen (secondary N) is 2. The van der Waals surface area contributed by atoms with E-state index in [4.69, 9.17) is 4.74 Å². The fraction of sp³-hybridized carbons (Fsp3) is 0.873. The molecule has 0 aliphatic carbocycles. The Kier molecular flexibility index (Phi) is 49.7. The summed E-state index contributed by atoms with van der Waals surface area (Å²) in [5, 5.41) is 6.30. The van der Waals surface area contributed by atoms with Crippen molar-refractivity contribution in [3.05, 3.63) is 29.3 Å². The van der Waals surface area contributed by atoms with E-state index in [1.165, 1.54) is 276 Å². The van der Waals surface area contributed by atoms with E-state index in [1.807, 2.05) is 0 Å². The second-order valence-electron chi connectivity index (χ2n) is 21.3. The van der Waals surface area contributed by atoms with Gasteiger partial charge in [-0.2, -0.15) is 0 Å². The Morgan fingerprint density at radius 3 is 0.868 bits per heavy atom. The number of hydrogen-bond acceptors (Lipinski definition) is 3. The predicted molar refractivity (Wildman–Crippen MR) is 300 cm³/mol. The Morgan fingerprint density at radius 2 is 0.574 bits per heavy atom. The average Bonchev–Trinajstić information content (AvgIpc) is 3.35. The largest absolute Gasteiger partial charge is 0.493 e. The number of carbonyl (C=O) groups is 2. The van der Waals surface area contributed by atoms with Crippen LogP contribution in [-0.4, -0.2) is 31.5 Å². The minimum Gasteiger partial charge on any atom is -0.493 e. The highest BCUT2D eigenvalue weighted by atomic mass is 16.5. The van der Waals surface area contributed by atoms with Crippen LogP contribution in [0.25, 0.3) is 0 Å². The van der Waals surface area contributed by atoms with Gasteiger partial charge < -0.3 is 15.4 Å². The maximum Gasteiger partial charge on any atom is 0.255 e. The highest BCUT2D eigenvalue weighted by Crippen LogP contribution is 2.23. The fourth-order valence-electron chi connectivity index (χ4n) is 9.93. The van der Waals surface area contributed by atoms with Crippen molar-refractivity contribution >= 4 is 11.8 Å². The van der Waals surface area contributed by atoms with Crippen LogP contribution in [0.4, 0.5) is 0 Å². The number of ether oxygens (including phenoxy) is 1. The molecule has 2 N–H and O–H groups in total. The normalized spacial score (nSPS) is 11.4. The van der Waals surface area contributed by atoms with Crippen molar-refractivity contribution in [1.82, 2.24) is 10.6 Å². The zero-order valence-corrected chi connectivity index (χ0v) is 46.2. The maximum atomic E-state index is 13.4. The SMILES string of the molecule is CCCCCCCCCCCCCCCCCCCCCCNC(=O)c1ccc(C(=O)NCCCCCCCCCCCCCCCCCCCCCC)c(OCCCCCCCCCCC)c1. The van der Waals surface area contributed by atoms with E-state index in [0.717, 1.165) is 38.5 Å². The molecule has 0 spiro atoms. The molecule has 0 radical (unpaired) electrons. The van der Waals surface area contributed by atoms with Gasteiger partial charge in [-0.05, 0) is 37.5 Å². The molecule has 68 heavy (non-hydrogen) atoms. The second-order valence-corrected chi connectivity index (χ2v) is 21.3. The van der Waals surface area contributed by atoms with Crippen molar-refractivity contribution < 1.29 is 14.3 Å². The molecular weight excluding hydrogens is 833 g/mol. The number of hydrogen-bond donors (Lipinski definition) is 2. The van der Waals surface area contributed by atoms with E-state index in [-0.39, 0.29) is 11.8 Å². The lowest BCUT2D eigenvalue weighted by Crippen LogP contribution is -2.26. The molecule has 5 heteroatoms. The molecule has 0 saturated carbocycles. The van der Waals surface area contributed by atoms with E-state index in [1.54, 1.807) is 18.2 Å². The van der Waals surface area contributed by atoms with Crippen LogP contribution in [0.5, 0.6) is 5.75 Å². The fourth-order valence-corrected chi connectivity index (χ4v) is 9.93. The first-order valence-electron chi connectivity index (χ1n) is 31.0. The summed E-state index contributed by atoms with van der Waals surface area (Å²) in [5.74, 6) is 0.366. The van der Waals surface area contributed by atoms with Gasteiger partial charge in [0, 0.05) is 18.7 Å². The molecule has 1 aromatic rings. The Bertz CT molecular complexity index is 1200. The summed E-state index contributed by atoms with van der Waals surface area (Å²) in [5.41, 5.74) is 1.12. The van der Waals surface area contributed by atoms with Crippen LogP contribution < -0.4 is 15.4 Å². The van der Waals surface area contributed by atoms with E-state index >= 15 is 0 Å². The van der Waals surface area contributed by atoms with Crippen LogP contribution in [0.2, 0.25) is 0 Å². The zero-order valence-electron chi connectivity index (χ0n) is 46.2. The van der Waals surface area contributed by atoms with Gasteiger partial charge in [0.25, 0.3) is 11.8 Å². The first kappa shape index (κ1) is 64.0. The van der Waals surface area contributed by atoms with Gasteiger partial charge in [-0.15, -0.1) is 0 Å². The lowest BCUT2D eigenvalue weighted by molar-refractivity contribution is 0.0937. The van der Waals surface area contributed by atoms with Crippen LogP contribution in [0.1, 0.15) is 356 Å². The van der Waals surface area contributed by atoms with Crippen LogP contribution >= 0.6 is 0 Å². The molecule has 0 atom stereocenters. The van der Waals surface area contributed by atoms with Crippen molar-refractivity contribution in [2.24, 2.45) is 0 Å². The Morgan fingerprint density at radius 1 is 0.324 bits per heavy atom. The van der Waals surface area contributed by atoms with Crippen molar-refractivity contribution in [2.75, 3.05) is 19.7 Å². The molecule has 0 bridgehead atoms. The smallest absolute Gasteiger partial charge is 0.255 e. The molecule has 0 unspecified atom stereocenters. The quantitative estimate of drug-likeness (QED) is 0.0640. The molecule has 1 aromatic carbocycles. The number of amides is 2. The Hall–Kier alpha value is -2.04. The van der Waals surface area contributed by atoms with Gasteiger partial charge in [0.1, 0.15) is 5.75 Å². The first-order chi connectivity index (χ1) is 33.6. The number of rotatable bonds is 55. The molecule has 0 aromatic heterocycles. The molecule has 1 rings (SSSR count). The second kappa shape index (κ2) is 52.8. The van der Waals surface area contributed by atoms with Crippen molar-refractivity contribution in [1.29, 1.82) is 0 Å². The van der Waals surface area contributed by atoms with E-state index < -0.39 is 0 Å². The summed E-state index contributed by atoms with van der Waals surface area (Å²) < 4.78 is 6.27. The number of carbonyl (C=O) groups excluding carboxylic acids is 2. The average molecular weight is 952 g/mol. The van der Waals surface area contributed by atoms with Crippen molar-refractivity contribution in [3.63, 3.8) is 0 Å². The van der Waals surface area contributed by atoms with Gasteiger partial charge in [0.15, 0.2) is 0 Å². The Balaban J connectivity index is 2.26. The topological polar surface area (TPSA) is 67.4 Å². The van der Waals surface area contributed by atoms with Crippen LogP contribution in [-0.2, 0) is 0 Å². The van der Waals surface area contributed by atoms with Crippen LogP contribution in [0.3, 0.4) is 0 Å². The maximum absolute atomic E-state index is 13.4. The summed E-state index contributed by atoms with van der Waals surface area (Å²) in [6.07, 6.45) is 66.0. The van der Waals surface area contributed by atoms with E-state index in [0.29, 0.717) is 36.6 Å². The predicted octanol–water partition coefficient (Wildman–Crippen LogP) is 20.7. The molecule has 5 nitrogen and oxygen atoms in total. The number of unbranched alkanes of at least 4 members (excludes halogenated alkanes) is 46. The van der Waals surface area contributed by atoms with Gasteiger partial charge >= 0.3 is 0 Å². The summed E-state index contributed by atoms with van der Waals surface area (Å²) in [4.78, 5) is 26.6.